The smallest absolute Gasteiger partial charge is 0.316 e. The summed E-state index contributed by atoms with van der Waals surface area (Å²) in [4.78, 5) is 31.6. The number of hydrogen-bond acceptors (Lipinski definition) is 5. The lowest BCUT2D eigenvalue weighted by Gasteiger charge is -2.32. The zero-order chi connectivity index (χ0) is 21.4. The van der Waals surface area contributed by atoms with E-state index in [1.807, 2.05) is 26.0 Å². The lowest BCUT2D eigenvalue weighted by atomic mass is 9.94. The second-order valence-electron chi connectivity index (χ2n) is 8.48. The molecule has 7 heteroatoms. The minimum absolute atomic E-state index is 0.100. The molecule has 1 aliphatic rings. The molecule has 6 nitrogen and oxygen atoms in total. The number of esters is 1. The first-order chi connectivity index (χ1) is 12.8. The summed E-state index contributed by atoms with van der Waals surface area (Å²) in [5.74, 6) is -0.539. The molecular formula is C21H28BrNO5. The quantitative estimate of drug-likeness (QED) is 0.484. The first kappa shape index (κ1) is 22.6. The lowest BCUT2D eigenvalue weighted by molar-refractivity contribution is -0.239. The number of benzene rings is 1. The van der Waals surface area contributed by atoms with Crippen LogP contribution in [-0.4, -0.2) is 36.4 Å². The first-order valence-electron chi connectivity index (χ1n) is 9.03. The molecule has 0 bridgehead atoms. The van der Waals surface area contributed by atoms with Crippen molar-refractivity contribution in [2.24, 2.45) is 5.41 Å². The van der Waals surface area contributed by atoms with Crippen molar-refractivity contribution in [2.75, 3.05) is 13.9 Å². The van der Waals surface area contributed by atoms with Gasteiger partial charge in [-0.25, -0.2) is 9.90 Å². The second kappa shape index (κ2) is 7.97. The summed E-state index contributed by atoms with van der Waals surface area (Å²) in [6, 6.07) is 3.91. The van der Waals surface area contributed by atoms with Gasteiger partial charge in [-0.05, 0) is 65.7 Å². The maximum atomic E-state index is 13.3. The zero-order valence-electron chi connectivity index (χ0n) is 17.7. The Kier molecular flexibility index (Phi) is 6.43. The van der Waals surface area contributed by atoms with Crippen molar-refractivity contribution in [3.8, 4) is 0 Å². The van der Waals surface area contributed by atoms with E-state index in [-0.39, 0.29) is 18.5 Å². The maximum absolute atomic E-state index is 13.3. The Labute approximate surface area is 174 Å². The van der Waals surface area contributed by atoms with Crippen LogP contribution in [0, 0.1) is 19.3 Å². The van der Waals surface area contributed by atoms with Crippen LogP contribution >= 0.6 is 15.9 Å². The van der Waals surface area contributed by atoms with Crippen LogP contribution in [0.3, 0.4) is 0 Å². The Balaban J connectivity index is 2.71. The minimum Gasteiger partial charge on any atom is -0.427 e. The molecule has 1 amide bonds. The molecule has 0 spiro atoms. The number of methoxy groups -OCH3 is 1. The van der Waals surface area contributed by atoms with E-state index in [1.165, 1.54) is 12.2 Å². The number of carbonyl (C=O) groups excluding carboxylic acids is 2. The highest BCUT2D eigenvalue weighted by Crippen LogP contribution is 2.44. The van der Waals surface area contributed by atoms with E-state index in [1.54, 1.807) is 34.6 Å². The Morgan fingerprint density at radius 3 is 2.32 bits per heavy atom. The van der Waals surface area contributed by atoms with E-state index >= 15 is 0 Å². The highest BCUT2D eigenvalue weighted by Gasteiger charge is 2.51. The molecule has 1 aromatic rings. The lowest BCUT2D eigenvalue weighted by Crippen LogP contribution is -2.45. The molecule has 0 aromatic heterocycles. The zero-order valence-corrected chi connectivity index (χ0v) is 19.3. The largest absolute Gasteiger partial charge is 0.427 e. The van der Waals surface area contributed by atoms with Crippen molar-refractivity contribution in [2.45, 2.75) is 54.0 Å². The summed E-state index contributed by atoms with van der Waals surface area (Å²) in [5, 5.41) is 1.21. The monoisotopic (exact) mass is 453 g/mol. The van der Waals surface area contributed by atoms with Gasteiger partial charge < -0.3 is 9.47 Å². The van der Waals surface area contributed by atoms with Crippen LogP contribution in [0.1, 0.15) is 51.3 Å². The summed E-state index contributed by atoms with van der Waals surface area (Å²) >= 11 is 3.57. The van der Waals surface area contributed by atoms with Gasteiger partial charge >= 0.3 is 5.97 Å². The minimum atomic E-state index is -0.997. The number of hydrogen-bond donors (Lipinski definition) is 0. The molecule has 0 unspecified atom stereocenters. The number of carbonyl (C=O) groups is 2. The highest BCUT2D eigenvalue weighted by molar-refractivity contribution is 9.10. The van der Waals surface area contributed by atoms with Crippen LogP contribution in [0.25, 0.3) is 5.57 Å². The van der Waals surface area contributed by atoms with Gasteiger partial charge in [0, 0.05) is 17.1 Å². The van der Waals surface area contributed by atoms with Crippen LogP contribution in [0.4, 0.5) is 0 Å². The number of rotatable bonds is 5. The van der Waals surface area contributed by atoms with Crippen molar-refractivity contribution in [3.63, 3.8) is 0 Å². The van der Waals surface area contributed by atoms with E-state index in [0.29, 0.717) is 11.1 Å². The topological polar surface area (TPSA) is 65.1 Å². The third-order valence-corrected chi connectivity index (χ3v) is 5.10. The normalized spacial score (nSPS) is 16.8. The van der Waals surface area contributed by atoms with Crippen molar-refractivity contribution < 1.29 is 23.9 Å². The van der Waals surface area contributed by atoms with Gasteiger partial charge in [-0.15, -0.1) is 0 Å². The molecule has 0 aliphatic carbocycles. The fourth-order valence-corrected chi connectivity index (χ4v) is 3.92. The third-order valence-electron chi connectivity index (χ3n) is 4.48. The maximum Gasteiger partial charge on any atom is 0.316 e. The summed E-state index contributed by atoms with van der Waals surface area (Å²) in [5.41, 5.74) is 1.22. The number of ether oxygens (including phenoxy) is 2. The molecule has 1 aromatic carbocycles. The molecule has 154 valence electrons. The molecule has 0 N–H and O–H groups in total. The standard InChI is InChI=1S/C21H28BrNO5/c1-12-9-13(2)15(14(22)10-12)16-17(28-19(25)20(3,4)5)21(6,7)23(18(16)24)27-11-26-8/h9-10H,11H2,1-8H3. The van der Waals surface area contributed by atoms with E-state index in [4.69, 9.17) is 14.3 Å². The molecule has 0 saturated heterocycles. The molecule has 0 radical (unpaired) electrons. The number of aryl methyl sites for hydroxylation is 2. The summed E-state index contributed by atoms with van der Waals surface area (Å²) in [6.07, 6.45) is 0. The van der Waals surface area contributed by atoms with Crippen LogP contribution < -0.4 is 0 Å². The molecule has 28 heavy (non-hydrogen) atoms. The summed E-state index contributed by atoms with van der Waals surface area (Å²) in [6.45, 7) is 12.7. The number of amides is 1. The van der Waals surface area contributed by atoms with Gasteiger partial charge in [0.2, 0.25) is 0 Å². The molecule has 1 heterocycles. The fraction of sp³-hybridized carbons (Fsp3) is 0.524. The molecule has 1 aliphatic heterocycles. The Bertz CT molecular complexity index is 813. The second-order valence-corrected chi connectivity index (χ2v) is 9.33. The highest BCUT2D eigenvalue weighted by atomic mass is 79.9. The van der Waals surface area contributed by atoms with Crippen molar-refractivity contribution in [1.29, 1.82) is 0 Å². The van der Waals surface area contributed by atoms with E-state index < -0.39 is 16.9 Å². The third kappa shape index (κ3) is 4.16. The van der Waals surface area contributed by atoms with Gasteiger partial charge in [0.15, 0.2) is 6.79 Å². The molecule has 0 saturated carbocycles. The molecular weight excluding hydrogens is 426 g/mol. The van der Waals surface area contributed by atoms with E-state index in [9.17, 15) is 9.59 Å². The number of nitrogens with zero attached hydrogens (tertiary/aromatic N) is 1. The predicted octanol–water partition coefficient (Wildman–Crippen LogP) is 4.52. The SMILES string of the molecule is COCON1C(=O)C(c2c(C)cc(C)cc2Br)=C(OC(=O)C(C)(C)C)C1(C)C. The molecule has 2 rings (SSSR count). The number of halogens is 1. The van der Waals surface area contributed by atoms with Gasteiger partial charge in [0.1, 0.15) is 11.3 Å². The summed E-state index contributed by atoms with van der Waals surface area (Å²) < 4.78 is 11.5. The van der Waals surface area contributed by atoms with Crippen molar-refractivity contribution >= 4 is 33.4 Å². The van der Waals surface area contributed by atoms with E-state index in [0.717, 1.165) is 15.6 Å². The molecule has 0 atom stereocenters. The average Bonchev–Trinajstić information content (AvgIpc) is 2.71. The van der Waals surface area contributed by atoms with Gasteiger partial charge in [-0.1, -0.05) is 22.0 Å². The van der Waals surface area contributed by atoms with Gasteiger partial charge in [-0.3, -0.25) is 9.59 Å². The molecule has 0 fully saturated rings. The van der Waals surface area contributed by atoms with Crippen LogP contribution in [0.2, 0.25) is 0 Å². The van der Waals surface area contributed by atoms with Crippen LogP contribution in [0.15, 0.2) is 22.4 Å². The van der Waals surface area contributed by atoms with Crippen molar-refractivity contribution in [1.82, 2.24) is 5.06 Å². The first-order valence-corrected chi connectivity index (χ1v) is 9.82. The van der Waals surface area contributed by atoms with Crippen molar-refractivity contribution in [3.05, 3.63) is 39.1 Å². The fourth-order valence-electron chi connectivity index (χ4n) is 3.05. The Hall–Kier alpha value is -1.70. The summed E-state index contributed by atoms with van der Waals surface area (Å²) in [7, 11) is 1.48. The van der Waals surface area contributed by atoms with Crippen LogP contribution in [-0.2, 0) is 23.9 Å². The van der Waals surface area contributed by atoms with Gasteiger partial charge in [-0.2, -0.15) is 0 Å². The average molecular weight is 454 g/mol. The van der Waals surface area contributed by atoms with E-state index in [2.05, 4.69) is 15.9 Å². The van der Waals surface area contributed by atoms with Gasteiger partial charge in [0.25, 0.3) is 5.91 Å². The Morgan fingerprint density at radius 2 is 1.82 bits per heavy atom. The van der Waals surface area contributed by atoms with Crippen LogP contribution in [0.5, 0.6) is 0 Å². The number of hydroxylamine groups is 2. The predicted molar refractivity (Wildman–Crippen MR) is 110 cm³/mol. The van der Waals surface area contributed by atoms with Gasteiger partial charge in [0.05, 0.1) is 11.0 Å². The Morgan fingerprint density at radius 1 is 1.21 bits per heavy atom.